The van der Waals surface area contributed by atoms with Crippen LogP contribution in [-0.4, -0.2) is 166 Å². The first-order chi connectivity index (χ1) is 44.8. The first-order valence-electron chi connectivity index (χ1n) is 37.2. The molecule has 5 aliphatic heterocycles. The molecule has 0 spiro atoms. The van der Waals surface area contributed by atoms with Crippen molar-refractivity contribution in [1.29, 1.82) is 0 Å². The molecular weight excluding hydrogens is 1180 g/mol. The topological polar surface area (TPSA) is 29.2 Å². The first-order valence-corrected chi connectivity index (χ1v) is 37.2. The Kier molecular flexibility index (Phi) is 29.3. The Morgan fingerprint density at radius 2 is 0.521 bits per heavy atom. The number of likely N-dealkylation sites (N-methyl/N-ethyl adjacent to an activating group) is 4. The molecule has 0 saturated carbocycles. The van der Waals surface area contributed by atoms with E-state index in [0.717, 1.165) is 101 Å². The predicted octanol–water partition coefficient (Wildman–Crippen LogP) is 19.5. The van der Waals surface area contributed by atoms with Gasteiger partial charge >= 0.3 is 0 Å². The van der Waals surface area contributed by atoms with E-state index in [9.17, 15) is 8.78 Å². The molecule has 5 aromatic carbocycles. The molecule has 5 aromatic rings. The molecule has 0 aromatic heterocycles. The van der Waals surface area contributed by atoms with Gasteiger partial charge in [0.1, 0.15) is 11.6 Å². The summed E-state index contributed by atoms with van der Waals surface area (Å²) >= 11 is 0. The van der Waals surface area contributed by atoms with E-state index in [2.05, 4.69) is 296 Å². The third-order valence-electron chi connectivity index (χ3n) is 22.8. The van der Waals surface area contributed by atoms with Crippen molar-refractivity contribution < 1.29 is 8.78 Å². The smallest absolute Gasteiger partial charge is 0.146 e. The second-order valence-electron chi connectivity index (χ2n) is 34.8. The van der Waals surface area contributed by atoms with Gasteiger partial charge in [-0.05, 0) is 193 Å². The highest BCUT2D eigenvalue weighted by molar-refractivity contribution is 5.53. The van der Waals surface area contributed by atoms with Gasteiger partial charge in [-0.3, -0.25) is 0 Å². The summed E-state index contributed by atoms with van der Waals surface area (Å²) in [5, 5.41) is 0. The lowest BCUT2D eigenvalue weighted by Crippen LogP contribution is -2.44. The van der Waals surface area contributed by atoms with Gasteiger partial charge < -0.3 is 44.1 Å². The summed E-state index contributed by atoms with van der Waals surface area (Å²) in [5.74, 6) is 2.20. The molecule has 5 fully saturated rings. The van der Waals surface area contributed by atoms with Crippen LogP contribution in [0.5, 0.6) is 0 Å². The molecule has 11 heteroatoms. The van der Waals surface area contributed by atoms with Gasteiger partial charge in [0.25, 0.3) is 0 Å². The maximum absolute atomic E-state index is 14.4. The van der Waals surface area contributed by atoms with Crippen LogP contribution in [-0.2, 0) is 0 Å². The van der Waals surface area contributed by atoms with Crippen molar-refractivity contribution in [2.45, 2.75) is 187 Å². The molecule has 3 unspecified atom stereocenters. The Labute approximate surface area is 587 Å². The minimum atomic E-state index is -0.0804. The number of hydrogen-bond donors (Lipinski definition) is 0. The zero-order valence-corrected chi connectivity index (χ0v) is 65.4. The van der Waals surface area contributed by atoms with Gasteiger partial charge in [-0.25, -0.2) is 8.78 Å². The van der Waals surface area contributed by atoms with E-state index in [0.29, 0.717) is 39.9 Å². The molecule has 5 aliphatic rings. The van der Waals surface area contributed by atoms with Crippen LogP contribution in [0.25, 0.3) is 0 Å². The van der Waals surface area contributed by atoms with Crippen molar-refractivity contribution >= 4 is 28.4 Å². The van der Waals surface area contributed by atoms with Crippen molar-refractivity contribution in [2.24, 2.45) is 27.1 Å². The molecule has 96 heavy (non-hydrogen) atoms. The number of rotatable bonds is 10. The Morgan fingerprint density at radius 1 is 0.260 bits per heavy atom. The number of piperazine rings is 4. The van der Waals surface area contributed by atoms with E-state index < -0.39 is 0 Å². The number of hydrogen-bond acceptors (Lipinski definition) is 9. The zero-order chi connectivity index (χ0) is 71.1. The van der Waals surface area contributed by atoms with Gasteiger partial charge in [0, 0.05) is 141 Å². The largest absolute Gasteiger partial charge is 0.372 e. The molecule has 5 atom stereocenters. The molecule has 0 N–H and O–H groups in total. The van der Waals surface area contributed by atoms with Gasteiger partial charge in [-0.1, -0.05) is 187 Å². The van der Waals surface area contributed by atoms with Crippen LogP contribution in [0.2, 0.25) is 0 Å². The third kappa shape index (κ3) is 24.0. The summed E-state index contributed by atoms with van der Waals surface area (Å²) in [4.78, 5) is 21.3. The van der Waals surface area contributed by atoms with Gasteiger partial charge in [-0.15, -0.1) is 0 Å². The summed E-state index contributed by atoms with van der Waals surface area (Å²) in [5.41, 5.74) is 13.4. The van der Waals surface area contributed by atoms with Crippen LogP contribution in [0.4, 0.5) is 37.2 Å². The van der Waals surface area contributed by atoms with Gasteiger partial charge in [0.2, 0.25) is 0 Å². The second kappa shape index (κ2) is 35.2. The quantitative estimate of drug-likeness (QED) is 0.136. The van der Waals surface area contributed by atoms with Crippen LogP contribution < -0.4 is 24.5 Å². The Morgan fingerprint density at radius 3 is 0.812 bits per heavy atom. The highest BCUT2D eigenvalue weighted by Crippen LogP contribution is 2.41. The molecule has 9 nitrogen and oxygen atoms in total. The molecule has 5 saturated heterocycles. The monoisotopic (exact) mass is 1320 g/mol. The molecule has 0 amide bonds. The molecular formula is C85H137F2N9. The van der Waals surface area contributed by atoms with Crippen molar-refractivity contribution in [1.82, 2.24) is 19.6 Å². The number of benzene rings is 5. The average Bonchev–Trinajstić information content (AvgIpc) is 0.845. The van der Waals surface area contributed by atoms with Gasteiger partial charge in [0.15, 0.2) is 0 Å². The molecule has 10 rings (SSSR count). The normalized spacial score (nSPS) is 19.2. The van der Waals surface area contributed by atoms with E-state index in [4.69, 9.17) is 0 Å². The van der Waals surface area contributed by atoms with Crippen molar-refractivity contribution in [3.63, 3.8) is 0 Å². The summed E-state index contributed by atoms with van der Waals surface area (Å²) in [7, 11) is 8.64. The number of anilines is 5. The lowest BCUT2D eigenvalue weighted by Gasteiger charge is -2.34. The maximum Gasteiger partial charge on any atom is 0.146 e. The Balaban J connectivity index is 0.000000190. The molecule has 5 heterocycles. The minimum absolute atomic E-state index is 0.0659. The Bertz CT molecular complexity index is 2950. The van der Waals surface area contributed by atoms with Crippen LogP contribution in [0.1, 0.15) is 215 Å². The fourth-order valence-corrected chi connectivity index (χ4v) is 12.9. The standard InChI is InChI=1S/2C17H27FN2.2C17H28N2.C17H27N/c1-13(17(2,3)4)15-7-6-14(12-16(15)18)20-10-8-19(5)9-11-20;1-13(17(2,3)4)14-6-7-16(15(18)12-14)20-10-8-19(5)9-11-20;2*1-14(17(2,3)4)15-6-8-16(9-7-15)19-12-10-18(5)11-13-19;1-14(17(2,3)4)15-8-10-16(11-9-15)18-12-6-5-7-13-18/h2*6-7,12-13H,8-11H2,1-5H3;2*6-9,14H,10-13H2,1-5H3;8-11,14H,5-7,12-13H2,1-4H3/t;13-;14-;;/m.11../s1. The maximum atomic E-state index is 14.4. The van der Waals surface area contributed by atoms with Crippen LogP contribution in [0.3, 0.4) is 0 Å². The molecule has 0 radical (unpaired) electrons. The first kappa shape index (κ1) is 79.8. The van der Waals surface area contributed by atoms with Crippen molar-refractivity contribution in [3.05, 3.63) is 149 Å². The third-order valence-corrected chi connectivity index (χ3v) is 22.8. The van der Waals surface area contributed by atoms with Gasteiger partial charge in [0.05, 0.1) is 5.69 Å². The zero-order valence-electron chi connectivity index (χ0n) is 65.4. The van der Waals surface area contributed by atoms with E-state index in [1.54, 1.807) is 12.1 Å². The predicted molar refractivity (Wildman–Crippen MR) is 416 cm³/mol. The summed E-state index contributed by atoms with van der Waals surface area (Å²) < 4.78 is 28.9. The lowest BCUT2D eigenvalue weighted by atomic mass is 9.77. The second-order valence-corrected chi connectivity index (χ2v) is 34.8. The molecule has 0 aliphatic carbocycles. The fraction of sp³-hybridized carbons (Fsp3) is 0.647. The molecule has 0 bridgehead atoms. The van der Waals surface area contributed by atoms with Crippen molar-refractivity contribution in [3.8, 4) is 0 Å². The van der Waals surface area contributed by atoms with Crippen LogP contribution >= 0.6 is 0 Å². The lowest BCUT2D eigenvalue weighted by molar-refractivity contribution is 0.311. The highest BCUT2D eigenvalue weighted by atomic mass is 19.1. The van der Waals surface area contributed by atoms with E-state index in [-0.39, 0.29) is 28.4 Å². The summed E-state index contributed by atoms with van der Waals surface area (Å²) in [6, 6.07) is 39.2. The highest BCUT2D eigenvalue weighted by Gasteiger charge is 2.29. The molecule has 536 valence electrons. The summed E-state index contributed by atoms with van der Waals surface area (Å²) in [6.45, 7) is 64.7. The fourth-order valence-electron chi connectivity index (χ4n) is 12.9. The van der Waals surface area contributed by atoms with E-state index in [1.807, 2.05) is 12.1 Å². The van der Waals surface area contributed by atoms with E-state index >= 15 is 0 Å². The van der Waals surface area contributed by atoms with Gasteiger partial charge in [-0.2, -0.15) is 0 Å². The number of piperidine rings is 1. The number of halogens is 2. The summed E-state index contributed by atoms with van der Waals surface area (Å²) in [6.07, 6.45) is 4.09. The Hall–Kier alpha value is -5.20. The number of nitrogens with zero attached hydrogens (tertiary/aromatic N) is 9. The minimum Gasteiger partial charge on any atom is -0.372 e. The average molecular weight is 1320 g/mol. The van der Waals surface area contributed by atoms with E-state index in [1.165, 1.54) is 92.3 Å². The SMILES string of the molecule is CC(c1ccc(N2CCCCC2)cc1)C(C)(C)C.CC(c1ccc(N2CCN(C)CC2)cc1)C(C)(C)C.CC(c1ccc(N2CCN(C)CC2)cc1F)C(C)(C)C.C[C@H](c1ccc(N2CCN(C)CC2)c(F)c1)C(C)(C)C.C[C@H](c1ccc(N2CCN(C)CC2)cc1)C(C)(C)C. The van der Waals surface area contributed by atoms with Crippen molar-refractivity contribution in [2.75, 3.05) is 170 Å². The van der Waals surface area contributed by atoms with Crippen LogP contribution in [0, 0.1) is 38.7 Å². The van der Waals surface area contributed by atoms with Crippen LogP contribution in [0.15, 0.2) is 109 Å².